The maximum atomic E-state index is 13.2. The van der Waals surface area contributed by atoms with Gasteiger partial charge in [0, 0.05) is 41.7 Å². The van der Waals surface area contributed by atoms with Crippen molar-refractivity contribution in [2.45, 2.75) is 30.4 Å². The predicted molar refractivity (Wildman–Crippen MR) is 154 cm³/mol. The van der Waals surface area contributed by atoms with Gasteiger partial charge in [0.1, 0.15) is 5.37 Å². The summed E-state index contributed by atoms with van der Waals surface area (Å²) in [5, 5.41) is 0.994. The number of fused-ring (bicyclic) bond motifs is 1. The van der Waals surface area contributed by atoms with Crippen LogP contribution >= 0.6 is 39.0 Å². The van der Waals surface area contributed by atoms with Gasteiger partial charge in [0.25, 0.3) is 0 Å². The zero-order valence-electron chi connectivity index (χ0n) is 20.2. The third-order valence-electron chi connectivity index (χ3n) is 6.04. The van der Waals surface area contributed by atoms with Crippen LogP contribution in [0.4, 0.5) is 5.69 Å². The number of benzene rings is 2. The van der Waals surface area contributed by atoms with Crippen molar-refractivity contribution in [3.8, 4) is 23.5 Å². The van der Waals surface area contributed by atoms with Crippen LogP contribution in [0.2, 0.25) is 0 Å². The minimum absolute atomic E-state index is 0.0558. The summed E-state index contributed by atoms with van der Waals surface area (Å²) in [6.07, 6.45) is 5.74. The Balaban J connectivity index is 0.000000458. The van der Waals surface area contributed by atoms with E-state index >= 15 is 0 Å². The lowest BCUT2D eigenvalue weighted by molar-refractivity contribution is -0.132. The summed E-state index contributed by atoms with van der Waals surface area (Å²) in [7, 11) is 0. The second kappa shape index (κ2) is 12.0. The Bertz CT molecular complexity index is 1330. The monoisotopic (exact) mass is 595 g/mol. The molecule has 2 aromatic rings. The molecule has 9 heteroatoms. The number of thiophene rings is 1. The first-order valence-electron chi connectivity index (χ1n) is 11.8. The number of nitrogens with two attached hydrogens (primary N) is 1. The molecule has 0 spiro atoms. The van der Waals surface area contributed by atoms with Crippen LogP contribution in [0.5, 0.6) is 0 Å². The topological polar surface area (TPSA) is 83.7 Å². The van der Waals surface area contributed by atoms with E-state index in [1.165, 1.54) is 34.2 Å². The first-order chi connectivity index (χ1) is 17.8. The van der Waals surface area contributed by atoms with E-state index in [-0.39, 0.29) is 36.6 Å². The molecule has 0 radical (unpaired) electrons. The Labute approximate surface area is 233 Å². The molecule has 6 nitrogen and oxygen atoms in total. The van der Waals surface area contributed by atoms with Crippen molar-refractivity contribution in [2.75, 3.05) is 18.0 Å². The maximum Gasteiger partial charge on any atom is 0.237 e. The van der Waals surface area contributed by atoms with E-state index in [1.807, 2.05) is 42.6 Å². The van der Waals surface area contributed by atoms with E-state index in [0.717, 1.165) is 20.6 Å². The number of thioether (sulfide) groups is 1. The molecule has 2 aliphatic carbocycles. The van der Waals surface area contributed by atoms with Crippen LogP contribution in [0.1, 0.15) is 35.6 Å². The van der Waals surface area contributed by atoms with E-state index in [4.69, 9.17) is 12.2 Å². The van der Waals surface area contributed by atoms with Crippen molar-refractivity contribution in [2.24, 2.45) is 5.73 Å². The Morgan fingerprint density at radius 1 is 1.16 bits per heavy atom. The van der Waals surface area contributed by atoms with Crippen LogP contribution in [0.3, 0.4) is 0 Å². The van der Waals surface area contributed by atoms with Crippen molar-refractivity contribution < 1.29 is 14.4 Å². The number of hydrogen-bond acceptors (Lipinski definition) is 5. The summed E-state index contributed by atoms with van der Waals surface area (Å²) in [6.45, 7) is 2.59. The van der Waals surface area contributed by atoms with E-state index in [1.54, 1.807) is 9.80 Å². The Morgan fingerprint density at radius 3 is 2.41 bits per heavy atom. The van der Waals surface area contributed by atoms with Crippen LogP contribution in [-0.2, 0) is 14.4 Å². The van der Waals surface area contributed by atoms with Gasteiger partial charge in [-0.15, -0.1) is 29.5 Å². The Kier molecular flexibility index (Phi) is 8.75. The fourth-order valence-electron chi connectivity index (χ4n) is 4.08. The lowest BCUT2D eigenvalue weighted by Gasteiger charge is -2.23. The smallest absolute Gasteiger partial charge is 0.237 e. The zero-order valence-corrected chi connectivity index (χ0v) is 23.4. The summed E-state index contributed by atoms with van der Waals surface area (Å²) < 4.78 is 0.925. The highest BCUT2D eigenvalue weighted by Gasteiger charge is 2.43. The van der Waals surface area contributed by atoms with E-state index in [0.29, 0.717) is 6.54 Å². The molecular weight excluding hydrogens is 570 g/mol. The van der Waals surface area contributed by atoms with Crippen LogP contribution < -0.4 is 10.6 Å². The molecule has 2 N–H and O–H groups in total. The molecule has 37 heavy (non-hydrogen) atoms. The normalized spacial score (nSPS) is 17.0. The van der Waals surface area contributed by atoms with E-state index < -0.39 is 11.2 Å². The molecule has 3 amide bonds. The minimum atomic E-state index is -0.553. The lowest BCUT2D eigenvalue weighted by Crippen LogP contribution is -2.37. The number of primary amides is 1. The molecule has 1 aromatic heterocycles. The zero-order chi connectivity index (χ0) is 26.5. The predicted octanol–water partition coefficient (Wildman–Crippen LogP) is 5.42. The highest BCUT2D eigenvalue weighted by Crippen LogP contribution is 2.47. The summed E-state index contributed by atoms with van der Waals surface area (Å²) >= 11 is 6.27. The summed E-state index contributed by atoms with van der Waals surface area (Å²) in [6, 6.07) is 17.8. The Morgan fingerprint density at radius 2 is 1.86 bits per heavy atom. The number of amides is 3. The summed E-state index contributed by atoms with van der Waals surface area (Å²) in [5.74, 6) is 1.87. The molecule has 1 saturated heterocycles. The van der Waals surface area contributed by atoms with Crippen molar-refractivity contribution >= 4 is 62.4 Å². The number of terminal acetylenes is 1. The maximum absolute atomic E-state index is 13.2. The number of anilines is 1. The van der Waals surface area contributed by atoms with Gasteiger partial charge in [0.15, 0.2) is 0 Å². The molecule has 2 heterocycles. The fourth-order valence-corrected chi connectivity index (χ4v) is 6.94. The lowest BCUT2D eigenvalue weighted by atomic mass is 10.2. The Hall–Kier alpha value is -3.06. The van der Waals surface area contributed by atoms with Crippen LogP contribution in [-0.4, -0.2) is 41.0 Å². The highest BCUT2D eigenvalue weighted by atomic mass is 79.9. The average Bonchev–Trinajstić information content (AvgIpc) is 3.19. The number of carbonyl (C=O) groups is 3. The van der Waals surface area contributed by atoms with Gasteiger partial charge in [-0.1, -0.05) is 40.0 Å². The average molecular weight is 597 g/mol. The third kappa shape index (κ3) is 6.45. The molecule has 0 saturated carbocycles. The standard InChI is InChI=1S/C22H22BrN3O3S2.C6H4/c1-3-14-10-12-30-20(14)22-26(11-9-18(24)27)21(29)17(31-22)13-19(28)25(4-2)16-7-5-15(23)6-8-16;1-2-5-4-6(5)3-1/h1,5-8,10,12,17,22H,4,9,11,13H2,2H3,(H2,24,27);1-4H/t17-,22+;/m1./s1. The second-order valence-electron chi connectivity index (χ2n) is 8.47. The SMILES string of the molecule is C#Cc1ccsc1[C@@H]1S[C@H](CC(=O)N(CC)c2ccc(Br)cc2)C(=O)N1CCC(N)=O.c1cc2cc-2c1. The number of hydrogen-bond donors (Lipinski definition) is 1. The highest BCUT2D eigenvalue weighted by molar-refractivity contribution is 9.10. The van der Waals surface area contributed by atoms with Gasteiger partial charge < -0.3 is 15.5 Å². The number of nitrogens with zero attached hydrogens (tertiary/aromatic N) is 2. The summed E-state index contributed by atoms with van der Waals surface area (Å²) in [4.78, 5) is 41.7. The van der Waals surface area contributed by atoms with Gasteiger partial charge in [0.05, 0.1) is 10.1 Å². The molecule has 5 rings (SSSR count). The fraction of sp³-hybridized carbons (Fsp3) is 0.250. The first-order valence-corrected chi connectivity index (χ1v) is 14.4. The van der Waals surface area contributed by atoms with Gasteiger partial charge in [-0.05, 0) is 59.8 Å². The van der Waals surface area contributed by atoms with Crippen LogP contribution in [0, 0.1) is 12.3 Å². The first kappa shape index (κ1) is 27.0. The van der Waals surface area contributed by atoms with Gasteiger partial charge >= 0.3 is 0 Å². The number of rotatable bonds is 8. The van der Waals surface area contributed by atoms with Crippen LogP contribution in [0.15, 0.2) is 64.5 Å². The summed E-state index contributed by atoms with van der Waals surface area (Å²) in [5.41, 5.74) is 9.66. The third-order valence-corrected chi connectivity index (χ3v) is 9.13. The molecule has 1 aromatic carbocycles. The molecular formula is C28H26BrN3O3S2. The van der Waals surface area contributed by atoms with Crippen molar-refractivity contribution in [1.29, 1.82) is 0 Å². The quantitative estimate of drug-likeness (QED) is 0.276. The van der Waals surface area contributed by atoms with Gasteiger partial charge in [0.2, 0.25) is 17.7 Å². The minimum Gasteiger partial charge on any atom is -0.370 e. The largest absolute Gasteiger partial charge is 0.370 e. The molecule has 2 atom stereocenters. The second-order valence-corrected chi connectivity index (χ2v) is 11.6. The molecule has 0 bridgehead atoms. The van der Waals surface area contributed by atoms with Gasteiger partial charge in [-0.2, -0.15) is 0 Å². The van der Waals surface area contributed by atoms with Crippen LogP contribution in [0.25, 0.3) is 11.1 Å². The molecule has 3 aliphatic rings. The molecule has 1 fully saturated rings. The molecule has 1 aliphatic heterocycles. The van der Waals surface area contributed by atoms with E-state index in [9.17, 15) is 14.4 Å². The molecule has 190 valence electrons. The van der Waals surface area contributed by atoms with Crippen molar-refractivity contribution in [1.82, 2.24) is 4.90 Å². The number of halogens is 1. The van der Waals surface area contributed by atoms with Crippen molar-refractivity contribution in [3.05, 3.63) is 74.9 Å². The number of carbonyl (C=O) groups excluding carboxylic acids is 3. The van der Waals surface area contributed by atoms with E-state index in [2.05, 4.69) is 46.1 Å². The van der Waals surface area contributed by atoms with Gasteiger partial charge in [-0.3, -0.25) is 14.4 Å². The van der Waals surface area contributed by atoms with Crippen molar-refractivity contribution in [3.63, 3.8) is 0 Å². The van der Waals surface area contributed by atoms with Gasteiger partial charge in [-0.25, -0.2) is 0 Å². The molecule has 0 unspecified atom stereocenters.